The Labute approximate surface area is 119 Å². The van der Waals surface area contributed by atoms with Gasteiger partial charge in [-0.25, -0.2) is 0 Å². The average Bonchev–Trinajstić information content (AvgIpc) is 2.82. The number of fused-ring (bicyclic) bond motifs is 2. The van der Waals surface area contributed by atoms with E-state index in [1.807, 2.05) is 13.1 Å². The molecule has 2 bridgehead atoms. The van der Waals surface area contributed by atoms with E-state index in [1.54, 1.807) is 4.68 Å². The number of amides is 1. The summed E-state index contributed by atoms with van der Waals surface area (Å²) in [5.41, 5.74) is 0.841. The number of hydrogen-bond donors (Lipinski definition) is 1. The van der Waals surface area contributed by atoms with E-state index in [2.05, 4.69) is 29.5 Å². The summed E-state index contributed by atoms with van der Waals surface area (Å²) in [4.78, 5) is 12.2. The van der Waals surface area contributed by atoms with Gasteiger partial charge < -0.3 is 10.1 Å². The zero-order valence-corrected chi connectivity index (χ0v) is 12.5. The van der Waals surface area contributed by atoms with Crippen LogP contribution in [0.3, 0.4) is 0 Å². The van der Waals surface area contributed by atoms with Crippen LogP contribution in [-0.2, 0) is 22.7 Å². The summed E-state index contributed by atoms with van der Waals surface area (Å²) >= 11 is 0. The smallest absolute Gasteiger partial charge is 0.223 e. The Morgan fingerprint density at radius 3 is 3.10 bits per heavy atom. The summed E-state index contributed by atoms with van der Waals surface area (Å²) in [6, 6.07) is 0.0689. The van der Waals surface area contributed by atoms with Gasteiger partial charge >= 0.3 is 0 Å². The first-order chi connectivity index (χ1) is 9.54. The van der Waals surface area contributed by atoms with Crippen LogP contribution in [0.2, 0.25) is 0 Å². The zero-order chi connectivity index (χ0) is 14.5. The molecule has 2 atom stereocenters. The Kier molecular flexibility index (Phi) is 5.11. The van der Waals surface area contributed by atoms with Gasteiger partial charge in [-0.2, -0.15) is 0 Å². The summed E-state index contributed by atoms with van der Waals surface area (Å²) in [6.07, 6.45) is 3.58. The topological polar surface area (TPSA) is 69.0 Å². The SMILES string of the molecule is CC(C)C[C@@H]1COCc2cn(nn2)CC[C@H](C)C(=O)N1. The summed E-state index contributed by atoms with van der Waals surface area (Å²) < 4.78 is 7.44. The Hall–Kier alpha value is -1.43. The summed E-state index contributed by atoms with van der Waals surface area (Å²) in [7, 11) is 0. The second-order valence-electron chi connectivity index (χ2n) is 6.01. The van der Waals surface area contributed by atoms with Gasteiger partial charge in [0.1, 0.15) is 5.69 Å². The van der Waals surface area contributed by atoms with Crippen molar-refractivity contribution in [3.05, 3.63) is 11.9 Å². The van der Waals surface area contributed by atoms with Crippen molar-refractivity contribution in [1.29, 1.82) is 0 Å². The molecule has 1 aliphatic heterocycles. The number of aromatic nitrogens is 3. The molecule has 6 heteroatoms. The molecule has 20 heavy (non-hydrogen) atoms. The molecule has 2 heterocycles. The minimum atomic E-state index is -0.0308. The Balaban J connectivity index is 2.06. The third-order valence-electron chi connectivity index (χ3n) is 3.50. The maximum atomic E-state index is 12.2. The minimum absolute atomic E-state index is 0.0308. The highest BCUT2D eigenvalue weighted by Crippen LogP contribution is 2.11. The van der Waals surface area contributed by atoms with Gasteiger partial charge in [0.2, 0.25) is 5.91 Å². The van der Waals surface area contributed by atoms with Crippen molar-refractivity contribution in [3.63, 3.8) is 0 Å². The molecule has 1 aromatic heterocycles. The first-order valence-corrected chi connectivity index (χ1v) is 7.31. The lowest BCUT2D eigenvalue weighted by molar-refractivity contribution is -0.126. The maximum Gasteiger partial charge on any atom is 0.223 e. The van der Waals surface area contributed by atoms with E-state index in [4.69, 9.17) is 4.74 Å². The van der Waals surface area contributed by atoms with Gasteiger partial charge in [0.05, 0.1) is 25.5 Å². The number of nitrogens with one attached hydrogen (secondary N) is 1. The van der Waals surface area contributed by atoms with Crippen molar-refractivity contribution in [2.24, 2.45) is 11.8 Å². The number of rotatable bonds is 2. The summed E-state index contributed by atoms with van der Waals surface area (Å²) in [5.74, 6) is 0.588. The van der Waals surface area contributed by atoms with E-state index in [1.165, 1.54) is 0 Å². The zero-order valence-electron chi connectivity index (χ0n) is 12.5. The number of carbonyl (C=O) groups is 1. The van der Waals surface area contributed by atoms with Gasteiger partial charge in [-0.3, -0.25) is 9.48 Å². The lowest BCUT2D eigenvalue weighted by Crippen LogP contribution is -2.42. The molecule has 0 saturated heterocycles. The van der Waals surface area contributed by atoms with E-state index < -0.39 is 0 Å². The van der Waals surface area contributed by atoms with Crippen molar-refractivity contribution in [1.82, 2.24) is 20.3 Å². The van der Waals surface area contributed by atoms with Crippen LogP contribution >= 0.6 is 0 Å². The lowest BCUT2D eigenvalue weighted by Gasteiger charge is -2.23. The molecular formula is C14H24N4O2. The third kappa shape index (κ3) is 4.30. The second-order valence-corrected chi connectivity index (χ2v) is 6.01. The average molecular weight is 280 g/mol. The highest BCUT2D eigenvalue weighted by atomic mass is 16.5. The molecule has 0 radical (unpaired) electrons. The molecule has 1 N–H and O–H groups in total. The molecule has 0 aromatic carbocycles. The lowest BCUT2D eigenvalue weighted by atomic mass is 10.0. The van der Waals surface area contributed by atoms with E-state index in [-0.39, 0.29) is 17.9 Å². The first kappa shape index (κ1) is 15.0. The minimum Gasteiger partial charge on any atom is -0.373 e. The monoisotopic (exact) mass is 280 g/mol. The number of carbonyl (C=O) groups excluding carboxylic acids is 1. The van der Waals surface area contributed by atoms with Crippen LogP contribution in [0.25, 0.3) is 0 Å². The maximum absolute atomic E-state index is 12.2. The van der Waals surface area contributed by atoms with Crippen LogP contribution in [0.15, 0.2) is 6.20 Å². The normalized spacial score (nSPS) is 24.9. The molecule has 0 saturated carbocycles. The molecular weight excluding hydrogens is 256 g/mol. The van der Waals surface area contributed by atoms with Gasteiger partial charge in [-0.15, -0.1) is 5.10 Å². The van der Waals surface area contributed by atoms with Gasteiger partial charge in [0.15, 0.2) is 0 Å². The Morgan fingerprint density at radius 1 is 1.55 bits per heavy atom. The van der Waals surface area contributed by atoms with Gasteiger partial charge in [0.25, 0.3) is 0 Å². The van der Waals surface area contributed by atoms with Gasteiger partial charge in [0, 0.05) is 12.5 Å². The molecule has 0 spiro atoms. The van der Waals surface area contributed by atoms with Gasteiger partial charge in [-0.05, 0) is 18.8 Å². The summed E-state index contributed by atoms with van der Waals surface area (Å²) in [5, 5.41) is 11.2. The Morgan fingerprint density at radius 2 is 2.35 bits per heavy atom. The molecule has 1 amide bonds. The largest absolute Gasteiger partial charge is 0.373 e. The van der Waals surface area contributed by atoms with Crippen LogP contribution in [0, 0.1) is 11.8 Å². The van der Waals surface area contributed by atoms with Crippen LogP contribution in [-0.4, -0.2) is 33.5 Å². The predicted molar refractivity (Wildman–Crippen MR) is 74.8 cm³/mol. The molecule has 2 rings (SSSR count). The Bertz CT molecular complexity index is 444. The highest BCUT2D eigenvalue weighted by Gasteiger charge is 2.20. The van der Waals surface area contributed by atoms with E-state index in [0.29, 0.717) is 25.7 Å². The number of hydrogen-bond acceptors (Lipinski definition) is 4. The first-order valence-electron chi connectivity index (χ1n) is 7.31. The molecule has 0 fully saturated rings. The molecule has 1 aromatic rings. The van der Waals surface area contributed by atoms with Crippen LogP contribution in [0.4, 0.5) is 0 Å². The van der Waals surface area contributed by atoms with Crippen LogP contribution in [0.1, 0.15) is 39.3 Å². The molecule has 0 unspecified atom stereocenters. The van der Waals surface area contributed by atoms with E-state index in [9.17, 15) is 4.79 Å². The van der Waals surface area contributed by atoms with Crippen molar-refractivity contribution in [3.8, 4) is 0 Å². The fourth-order valence-electron chi connectivity index (χ4n) is 2.36. The number of aryl methyl sites for hydroxylation is 1. The van der Waals surface area contributed by atoms with E-state index >= 15 is 0 Å². The van der Waals surface area contributed by atoms with Gasteiger partial charge in [-0.1, -0.05) is 26.0 Å². The molecule has 1 aliphatic rings. The quantitative estimate of drug-likeness (QED) is 0.888. The molecule has 0 aliphatic carbocycles. The number of ether oxygens (including phenoxy) is 1. The van der Waals surface area contributed by atoms with Crippen molar-refractivity contribution < 1.29 is 9.53 Å². The van der Waals surface area contributed by atoms with Crippen molar-refractivity contribution in [2.75, 3.05) is 6.61 Å². The highest BCUT2D eigenvalue weighted by molar-refractivity contribution is 5.78. The van der Waals surface area contributed by atoms with Crippen LogP contribution < -0.4 is 5.32 Å². The third-order valence-corrected chi connectivity index (χ3v) is 3.50. The fourth-order valence-corrected chi connectivity index (χ4v) is 2.36. The number of nitrogens with zero attached hydrogens (tertiary/aromatic N) is 3. The fraction of sp³-hybridized carbons (Fsp3) is 0.786. The van der Waals surface area contributed by atoms with Crippen molar-refractivity contribution >= 4 is 5.91 Å². The molecule has 6 nitrogen and oxygen atoms in total. The standard InChI is InChI=1S/C14H24N4O2/c1-10(2)6-12-8-20-9-13-7-18(17-16-13)5-4-11(3)14(19)15-12/h7,10-12H,4-6,8-9H2,1-3H3,(H,15,19)/t11-,12+/m0/s1. The summed E-state index contributed by atoms with van der Waals surface area (Å²) in [6.45, 7) is 7.92. The van der Waals surface area contributed by atoms with Crippen molar-refractivity contribution in [2.45, 2.75) is 52.8 Å². The molecule has 112 valence electrons. The van der Waals surface area contributed by atoms with Crippen LogP contribution in [0.5, 0.6) is 0 Å². The second kappa shape index (κ2) is 6.83. The predicted octanol–water partition coefficient (Wildman–Crippen LogP) is 1.37. The van der Waals surface area contributed by atoms with E-state index in [0.717, 1.165) is 18.5 Å².